The summed E-state index contributed by atoms with van der Waals surface area (Å²) in [6, 6.07) is 26.5. The average Bonchev–Trinajstić information content (AvgIpc) is 3.22. The molecule has 1 fully saturated rings. The number of carbonyl (C=O) groups is 1. The van der Waals surface area contributed by atoms with E-state index in [2.05, 4.69) is 35.6 Å². The van der Waals surface area contributed by atoms with Gasteiger partial charge in [-0.25, -0.2) is 0 Å². The van der Waals surface area contributed by atoms with Crippen molar-refractivity contribution in [3.05, 3.63) is 90.0 Å². The molecule has 0 radical (unpaired) electrons. The first kappa shape index (κ1) is 16.3. The van der Waals surface area contributed by atoms with Crippen LogP contribution in [0.3, 0.4) is 0 Å². The molecule has 3 aromatic carbocycles. The average molecular weight is 354 g/mol. The standard InChI is InChI=1S/C24H22N2O/c27-24(21-12-5-4-10-19(21)17-8-2-1-3-9-17)26-16-18-14-25-15-22(18)20-11-6-7-13-23(20)26/h1-13,18,22,25H,14-16H2. The first-order valence-corrected chi connectivity index (χ1v) is 9.59. The van der Waals surface area contributed by atoms with E-state index in [1.54, 1.807) is 0 Å². The Hall–Kier alpha value is -2.91. The smallest absolute Gasteiger partial charge is 0.258 e. The molecule has 0 aromatic heterocycles. The van der Waals surface area contributed by atoms with Crippen molar-refractivity contribution in [1.82, 2.24) is 5.32 Å². The van der Waals surface area contributed by atoms with Crippen LogP contribution >= 0.6 is 0 Å². The molecule has 3 nitrogen and oxygen atoms in total. The maximum Gasteiger partial charge on any atom is 0.258 e. The lowest BCUT2D eigenvalue weighted by atomic mass is 9.83. The second-order valence-corrected chi connectivity index (χ2v) is 7.41. The highest BCUT2D eigenvalue weighted by Crippen LogP contribution is 2.41. The third-order valence-electron chi connectivity index (χ3n) is 5.87. The number of amides is 1. The van der Waals surface area contributed by atoms with Crippen LogP contribution in [0.2, 0.25) is 0 Å². The minimum absolute atomic E-state index is 0.0900. The highest BCUT2D eigenvalue weighted by molar-refractivity contribution is 6.10. The van der Waals surface area contributed by atoms with Crippen molar-refractivity contribution >= 4 is 11.6 Å². The number of rotatable bonds is 2. The van der Waals surface area contributed by atoms with E-state index in [1.165, 1.54) is 5.56 Å². The molecule has 1 N–H and O–H groups in total. The lowest BCUT2D eigenvalue weighted by Crippen LogP contribution is -2.41. The first-order valence-electron chi connectivity index (χ1n) is 9.59. The lowest BCUT2D eigenvalue weighted by Gasteiger charge is -2.37. The number of para-hydroxylation sites is 1. The van der Waals surface area contributed by atoms with Gasteiger partial charge in [0.2, 0.25) is 0 Å². The van der Waals surface area contributed by atoms with E-state index in [-0.39, 0.29) is 5.91 Å². The molecule has 2 aliphatic rings. The molecule has 0 bridgehead atoms. The first-order chi connectivity index (χ1) is 13.3. The lowest BCUT2D eigenvalue weighted by molar-refractivity contribution is 0.0980. The Balaban J connectivity index is 1.59. The minimum Gasteiger partial charge on any atom is -0.316 e. The number of hydrogen-bond acceptors (Lipinski definition) is 2. The van der Waals surface area contributed by atoms with E-state index >= 15 is 0 Å². The second kappa shape index (κ2) is 6.67. The number of nitrogens with one attached hydrogen (secondary N) is 1. The summed E-state index contributed by atoms with van der Waals surface area (Å²) >= 11 is 0. The van der Waals surface area contributed by atoms with Gasteiger partial charge in [-0.1, -0.05) is 66.7 Å². The van der Waals surface area contributed by atoms with Crippen LogP contribution in [0, 0.1) is 5.92 Å². The molecule has 3 aromatic rings. The highest BCUT2D eigenvalue weighted by Gasteiger charge is 2.38. The number of hydrogen-bond donors (Lipinski definition) is 1. The molecule has 3 heteroatoms. The molecule has 0 saturated carbocycles. The molecule has 0 spiro atoms. The van der Waals surface area contributed by atoms with Crippen LogP contribution in [0.4, 0.5) is 5.69 Å². The minimum atomic E-state index is 0.0900. The van der Waals surface area contributed by atoms with Gasteiger partial charge in [-0.2, -0.15) is 0 Å². The second-order valence-electron chi connectivity index (χ2n) is 7.41. The van der Waals surface area contributed by atoms with Crippen LogP contribution in [0.1, 0.15) is 21.8 Å². The molecule has 1 saturated heterocycles. The Morgan fingerprint density at radius 3 is 2.48 bits per heavy atom. The van der Waals surface area contributed by atoms with Gasteiger partial charge in [-0.15, -0.1) is 0 Å². The van der Waals surface area contributed by atoms with Gasteiger partial charge in [-0.05, 0) is 34.7 Å². The van der Waals surface area contributed by atoms with Crippen molar-refractivity contribution in [1.29, 1.82) is 0 Å². The summed E-state index contributed by atoms with van der Waals surface area (Å²) in [4.78, 5) is 15.6. The molecular weight excluding hydrogens is 332 g/mol. The van der Waals surface area contributed by atoms with Gasteiger partial charge >= 0.3 is 0 Å². The van der Waals surface area contributed by atoms with Crippen LogP contribution in [0.15, 0.2) is 78.9 Å². The SMILES string of the molecule is O=C(c1ccccc1-c1ccccc1)N1CC2CNCC2c2ccccc21. The van der Waals surface area contributed by atoms with E-state index in [4.69, 9.17) is 0 Å². The maximum absolute atomic E-state index is 13.7. The van der Waals surface area contributed by atoms with Crippen LogP contribution in [0.25, 0.3) is 11.1 Å². The summed E-state index contributed by atoms with van der Waals surface area (Å²) in [5, 5.41) is 3.50. The van der Waals surface area contributed by atoms with Crippen LogP contribution in [0.5, 0.6) is 0 Å². The topological polar surface area (TPSA) is 32.3 Å². The van der Waals surface area contributed by atoms with Crippen LogP contribution < -0.4 is 10.2 Å². The molecule has 2 atom stereocenters. The predicted molar refractivity (Wildman–Crippen MR) is 109 cm³/mol. The summed E-state index contributed by atoms with van der Waals surface area (Å²) < 4.78 is 0. The fraction of sp³-hybridized carbons (Fsp3) is 0.208. The van der Waals surface area contributed by atoms with Crippen LogP contribution in [-0.2, 0) is 0 Å². The number of carbonyl (C=O) groups excluding carboxylic acids is 1. The molecule has 2 heterocycles. The summed E-state index contributed by atoms with van der Waals surface area (Å²) in [6.45, 7) is 2.75. The van der Waals surface area contributed by atoms with E-state index in [0.717, 1.165) is 42.0 Å². The molecule has 1 amide bonds. The summed E-state index contributed by atoms with van der Waals surface area (Å²) in [5.41, 5.74) is 5.20. The fourth-order valence-corrected chi connectivity index (χ4v) is 4.55. The molecule has 0 aliphatic carbocycles. The van der Waals surface area contributed by atoms with Crippen molar-refractivity contribution in [3.8, 4) is 11.1 Å². The van der Waals surface area contributed by atoms with Gasteiger partial charge in [0, 0.05) is 36.8 Å². The summed E-state index contributed by atoms with van der Waals surface area (Å²) in [5.74, 6) is 1.08. The molecule has 2 unspecified atom stereocenters. The zero-order valence-electron chi connectivity index (χ0n) is 15.1. The Bertz CT molecular complexity index is 982. The van der Waals surface area contributed by atoms with E-state index in [0.29, 0.717) is 11.8 Å². The van der Waals surface area contributed by atoms with Gasteiger partial charge in [0.1, 0.15) is 0 Å². The van der Waals surface area contributed by atoms with Gasteiger partial charge in [-0.3, -0.25) is 4.79 Å². The van der Waals surface area contributed by atoms with Gasteiger partial charge < -0.3 is 10.2 Å². The highest BCUT2D eigenvalue weighted by atomic mass is 16.2. The summed E-state index contributed by atoms with van der Waals surface area (Å²) in [7, 11) is 0. The number of fused-ring (bicyclic) bond motifs is 3. The van der Waals surface area contributed by atoms with Crippen molar-refractivity contribution in [2.24, 2.45) is 5.92 Å². The van der Waals surface area contributed by atoms with E-state index in [9.17, 15) is 4.79 Å². The largest absolute Gasteiger partial charge is 0.316 e. The maximum atomic E-state index is 13.7. The number of nitrogens with zero attached hydrogens (tertiary/aromatic N) is 1. The van der Waals surface area contributed by atoms with Crippen LogP contribution in [-0.4, -0.2) is 25.5 Å². The Morgan fingerprint density at radius 1 is 0.852 bits per heavy atom. The van der Waals surface area contributed by atoms with Gasteiger partial charge in [0.05, 0.1) is 0 Å². The molecule has 5 rings (SSSR count). The van der Waals surface area contributed by atoms with Crippen molar-refractivity contribution in [3.63, 3.8) is 0 Å². The number of benzene rings is 3. The Labute approximate surface area is 159 Å². The normalized spacial score (nSPS) is 20.8. The Kier molecular flexibility index (Phi) is 4.02. The molecule has 27 heavy (non-hydrogen) atoms. The predicted octanol–water partition coefficient (Wildman–Crippen LogP) is 4.32. The zero-order valence-corrected chi connectivity index (χ0v) is 15.1. The van der Waals surface area contributed by atoms with Gasteiger partial charge in [0.15, 0.2) is 0 Å². The molecule has 134 valence electrons. The third-order valence-corrected chi connectivity index (χ3v) is 5.87. The van der Waals surface area contributed by atoms with Gasteiger partial charge in [0.25, 0.3) is 5.91 Å². The van der Waals surface area contributed by atoms with E-state index < -0.39 is 0 Å². The Morgan fingerprint density at radius 2 is 1.59 bits per heavy atom. The van der Waals surface area contributed by atoms with E-state index in [1.807, 2.05) is 53.4 Å². The van der Waals surface area contributed by atoms with Crippen molar-refractivity contribution < 1.29 is 4.79 Å². The quantitative estimate of drug-likeness (QED) is 0.743. The number of anilines is 1. The molecule has 2 aliphatic heterocycles. The molecular formula is C24H22N2O. The van der Waals surface area contributed by atoms with Crippen molar-refractivity contribution in [2.75, 3.05) is 24.5 Å². The fourth-order valence-electron chi connectivity index (χ4n) is 4.55. The zero-order chi connectivity index (χ0) is 18.2. The van der Waals surface area contributed by atoms with Crippen molar-refractivity contribution in [2.45, 2.75) is 5.92 Å². The monoisotopic (exact) mass is 354 g/mol. The summed E-state index contributed by atoms with van der Waals surface area (Å²) in [6.07, 6.45) is 0. The third kappa shape index (κ3) is 2.75.